The summed E-state index contributed by atoms with van der Waals surface area (Å²) in [4.78, 5) is 27.9. The number of rotatable bonds is 7. The second-order valence-electron chi connectivity index (χ2n) is 8.40. The second kappa shape index (κ2) is 11.9. The summed E-state index contributed by atoms with van der Waals surface area (Å²) < 4.78 is 16.4. The van der Waals surface area contributed by atoms with Crippen LogP contribution < -0.4 is 20.5 Å². The minimum Gasteiger partial charge on any atom is -0.497 e. The molecule has 0 bridgehead atoms. The summed E-state index contributed by atoms with van der Waals surface area (Å²) in [5.41, 5.74) is 3.53. The Morgan fingerprint density at radius 3 is 2.83 bits per heavy atom. The highest BCUT2D eigenvalue weighted by atomic mass is 35.5. The molecule has 1 saturated heterocycles. The number of ether oxygens (including phenoxy) is 3. The van der Waals surface area contributed by atoms with Gasteiger partial charge in [-0.25, -0.2) is 9.97 Å². The molecule has 0 spiro atoms. The van der Waals surface area contributed by atoms with Crippen molar-refractivity contribution in [1.82, 2.24) is 15.0 Å². The van der Waals surface area contributed by atoms with Crippen LogP contribution in [-0.4, -0.2) is 55.5 Å². The molecule has 35 heavy (non-hydrogen) atoms. The van der Waals surface area contributed by atoms with Crippen molar-refractivity contribution in [2.75, 3.05) is 50.7 Å². The lowest BCUT2D eigenvalue weighted by Crippen LogP contribution is -2.33. The minimum atomic E-state index is -0.148. The van der Waals surface area contributed by atoms with Gasteiger partial charge < -0.3 is 24.4 Å². The largest absolute Gasteiger partial charge is 0.497 e. The summed E-state index contributed by atoms with van der Waals surface area (Å²) in [7, 11) is 3.31. The number of halogens is 2. The first-order valence-corrected chi connectivity index (χ1v) is 11.4. The van der Waals surface area contributed by atoms with E-state index < -0.39 is 0 Å². The van der Waals surface area contributed by atoms with Gasteiger partial charge in [0, 0.05) is 51.5 Å². The van der Waals surface area contributed by atoms with Gasteiger partial charge in [-0.3, -0.25) is 9.78 Å². The summed E-state index contributed by atoms with van der Waals surface area (Å²) in [5.74, 6) is 2.09. The Balaban J connectivity index is 0.00000171. The van der Waals surface area contributed by atoms with Gasteiger partial charge in [0.1, 0.15) is 11.6 Å². The molecule has 1 aromatic carbocycles. The van der Waals surface area contributed by atoms with Crippen LogP contribution in [0, 0.1) is 0 Å². The van der Waals surface area contributed by atoms with Crippen molar-refractivity contribution in [2.45, 2.75) is 31.9 Å². The van der Waals surface area contributed by atoms with E-state index in [4.69, 9.17) is 24.2 Å². The molecule has 2 aliphatic rings. The van der Waals surface area contributed by atoms with Crippen molar-refractivity contribution in [3.05, 3.63) is 51.4 Å². The van der Waals surface area contributed by atoms with Gasteiger partial charge in [0.15, 0.2) is 0 Å². The lowest BCUT2D eigenvalue weighted by atomic mass is 10.0. The molecule has 1 atom stereocenters. The average Bonchev–Trinajstić information content (AvgIpc) is 3.38. The molecule has 3 aromatic rings. The van der Waals surface area contributed by atoms with E-state index in [0.29, 0.717) is 48.9 Å². The number of methoxy groups -OCH3 is 2. The Bertz CT molecular complexity index is 1220. The Labute approximate surface area is 216 Å². The maximum atomic E-state index is 13.2. The van der Waals surface area contributed by atoms with E-state index in [2.05, 4.69) is 21.3 Å². The van der Waals surface area contributed by atoms with E-state index in [0.717, 1.165) is 48.4 Å². The van der Waals surface area contributed by atoms with Crippen molar-refractivity contribution in [3.8, 4) is 5.75 Å². The first-order valence-electron chi connectivity index (χ1n) is 11.4. The number of benzene rings is 1. The maximum absolute atomic E-state index is 13.2. The molecule has 190 valence electrons. The van der Waals surface area contributed by atoms with Crippen LogP contribution in [-0.2, 0) is 22.4 Å². The van der Waals surface area contributed by atoms with E-state index in [1.807, 2.05) is 18.2 Å². The van der Waals surface area contributed by atoms with Gasteiger partial charge in [0.05, 0.1) is 30.7 Å². The highest BCUT2D eigenvalue weighted by molar-refractivity contribution is 5.86. The van der Waals surface area contributed by atoms with Gasteiger partial charge in [-0.15, -0.1) is 24.8 Å². The summed E-state index contributed by atoms with van der Waals surface area (Å²) in [6, 6.07) is 7.79. The highest BCUT2D eigenvalue weighted by Crippen LogP contribution is 2.35. The van der Waals surface area contributed by atoms with Crippen LogP contribution in [0.3, 0.4) is 0 Å². The van der Waals surface area contributed by atoms with Gasteiger partial charge in [0.25, 0.3) is 5.56 Å². The number of nitrogens with one attached hydrogen (secondary N) is 2. The molecule has 4 heterocycles. The lowest BCUT2D eigenvalue weighted by Gasteiger charge is -2.29. The Kier molecular flexibility index (Phi) is 9.18. The Morgan fingerprint density at radius 2 is 2.09 bits per heavy atom. The number of aromatic nitrogens is 3. The molecule has 0 aliphatic carbocycles. The van der Waals surface area contributed by atoms with Crippen LogP contribution in [0.5, 0.6) is 5.75 Å². The van der Waals surface area contributed by atoms with Gasteiger partial charge in [-0.05, 0) is 36.1 Å². The molecule has 1 unspecified atom stereocenters. The number of fused-ring (bicyclic) bond motifs is 2. The van der Waals surface area contributed by atoms with Gasteiger partial charge in [-0.1, -0.05) is 6.07 Å². The number of H-pyrrole nitrogens is 1. The number of hydrogen-bond acceptors (Lipinski definition) is 8. The van der Waals surface area contributed by atoms with Crippen LogP contribution >= 0.6 is 24.8 Å². The average molecular weight is 524 g/mol. The molecule has 5 rings (SSSR count). The number of pyridine rings is 1. The molecule has 0 amide bonds. The van der Waals surface area contributed by atoms with E-state index in [9.17, 15) is 4.79 Å². The predicted octanol–water partition coefficient (Wildman–Crippen LogP) is 3.64. The van der Waals surface area contributed by atoms with E-state index >= 15 is 0 Å². The fourth-order valence-electron chi connectivity index (χ4n) is 4.58. The first kappa shape index (κ1) is 27.0. The third kappa shape index (κ3) is 5.64. The minimum absolute atomic E-state index is 0. The molecular formula is C24H31Cl2N5O4. The van der Waals surface area contributed by atoms with E-state index in [-0.39, 0.29) is 36.5 Å². The zero-order chi connectivity index (χ0) is 22.8. The van der Waals surface area contributed by atoms with Gasteiger partial charge in [-0.2, -0.15) is 0 Å². The van der Waals surface area contributed by atoms with Crippen molar-refractivity contribution < 1.29 is 14.2 Å². The molecule has 9 nitrogen and oxygen atoms in total. The fraction of sp³-hybridized carbons (Fsp3) is 0.458. The zero-order valence-electron chi connectivity index (χ0n) is 19.8. The normalized spacial score (nSPS) is 16.9. The van der Waals surface area contributed by atoms with Crippen LogP contribution in [0.25, 0.3) is 10.9 Å². The summed E-state index contributed by atoms with van der Waals surface area (Å²) >= 11 is 0. The lowest BCUT2D eigenvalue weighted by molar-refractivity contribution is 0.113. The maximum Gasteiger partial charge on any atom is 0.260 e. The van der Waals surface area contributed by atoms with Crippen LogP contribution in [0.4, 0.5) is 11.8 Å². The third-order valence-electron chi connectivity index (χ3n) is 6.27. The van der Waals surface area contributed by atoms with Crippen molar-refractivity contribution in [1.29, 1.82) is 0 Å². The quantitative estimate of drug-likeness (QED) is 0.452. The molecule has 11 heteroatoms. The number of aromatic amines is 1. The Hall–Kier alpha value is -2.59. The van der Waals surface area contributed by atoms with Gasteiger partial charge in [0.2, 0.25) is 5.95 Å². The molecule has 2 aliphatic heterocycles. The fourth-order valence-corrected chi connectivity index (χ4v) is 4.58. The third-order valence-corrected chi connectivity index (χ3v) is 6.27. The van der Waals surface area contributed by atoms with Crippen LogP contribution in [0.15, 0.2) is 29.1 Å². The van der Waals surface area contributed by atoms with Crippen molar-refractivity contribution in [2.24, 2.45) is 0 Å². The molecule has 0 radical (unpaired) electrons. The topological polar surface area (TPSA) is 102 Å². The number of nitrogens with zero attached hydrogens (tertiary/aromatic N) is 3. The standard InChI is InChI=1S/C24H29N5O4.2ClH/c1-31-11-8-25-21-6-5-15-14-29(9-7-18(15)26-21)24-27-19-13-16(32-2)12-17(20-4-3-10-33-20)22(19)23(30)28-24;;/h5-6,12-13,20H,3-4,7-11,14H2,1-2H3,(H,25,26)(H,27,28,30);2*1H. The molecule has 2 N–H and O–H groups in total. The highest BCUT2D eigenvalue weighted by Gasteiger charge is 2.25. The van der Waals surface area contributed by atoms with Crippen LogP contribution in [0.2, 0.25) is 0 Å². The van der Waals surface area contributed by atoms with E-state index in [1.165, 1.54) is 0 Å². The Morgan fingerprint density at radius 1 is 1.23 bits per heavy atom. The van der Waals surface area contributed by atoms with Crippen molar-refractivity contribution in [3.63, 3.8) is 0 Å². The summed E-state index contributed by atoms with van der Waals surface area (Å²) in [5, 5.41) is 3.85. The monoisotopic (exact) mass is 523 g/mol. The SMILES string of the molecule is COCCNc1ccc2c(n1)CCN(c1nc3cc(OC)cc(C4CCCO4)c3c(=O)[nH]1)C2.Cl.Cl. The second-order valence-corrected chi connectivity index (χ2v) is 8.40. The molecule has 0 saturated carbocycles. The van der Waals surface area contributed by atoms with Crippen molar-refractivity contribution >= 4 is 47.5 Å². The smallest absolute Gasteiger partial charge is 0.260 e. The van der Waals surface area contributed by atoms with Crippen LogP contribution in [0.1, 0.15) is 35.8 Å². The summed E-state index contributed by atoms with van der Waals surface area (Å²) in [6.07, 6.45) is 2.55. The van der Waals surface area contributed by atoms with Gasteiger partial charge >= 0.3 is 0 Å². The number of anilines is 2. The molecule has 2 aromatic heterocycles. The summed E-state index contributed by atoms with van der Waals surface area (Å²) in [6.45, 7) is 3.41. The van der Waals surface area contributed by atoms with E-state index in [1.54, 1.807) is 14.2 Å². The number of hydrogen-bond donors (Lipinski definition) is 2. The molecule has 1 fully saturated rings. The molecular weight excluding hydrogens is 493 g/mol. The first-order chi connectivity index (χ1) is 16.2. The predicted molar refractivity (Wildman–Crippen MR) is 141 cm³/mol. The zero-order valence-corrected chi connectivity index (χ0v) is 21.5.